The third-order valence-electron chi connectivity index (χ3n) is 2.40. The third kappa shape index (κ3) is 2.24. The normalized spacial score (nSPS) is 10.6. The van der Waals surface area contributed by atoms with E-state index in [4.69, 9.17) is 9.15 Å². The van der Waals surface area contributed by atoms with Crippen LogP contribution in [-0.4, -0.2) is 6.61 Å². The highest BCUT2D eigenvalue weighted by Crippen LogP contribution is 2.18. The van der Waals surface area contributed by atoms with Gasteiger partial charge in [0.1, 0.15) is 11.3 Å². The molecule has 0 aliphatic heterocycles. The molecule has 1 heterocycles. The zero-order valence-electron chi connectivity index (χ0n) is 9.23. The maximum Gasteiger partial charge on any atom is 0.192 e. The lowest BCUT2D eigenvalue weighted by atomic mass is 10.2. The second-order valence-corrected chi connectivity index (χ2v) is 3.64. The molecular weight excluding hydrogens is 204 g/mol. The van der Waals surface area contributed by atoms with Crippen LogP contribution in [0.4, 0.5) is 0 Å². The van der Waals surface area contributed by atoms with Gasteiger partial charge < -0.3 is 9.15 Å². The molecular formula is C13H14O3. The second-order valence-electron chi connectivity index (χ2n) is 3.64. The Labute approximate surface area is 93.7 Å². The monoisotopic (exact) mass is 218 g/mol. The smallest absolute Gasteiger partial charge is 0.192 e. The molecule has 1 aromatic heterocycles. The molecule has 1 aromatic carbocycles. The molecule has 0 atom stereocenters. The predicted octanol–water partition coefficient (Wildman–Crippen LogP) is 2.97. The summed E-state index contributed by atoms with van der Waals surface area (Å²) in [5.41, 5.74) is 0.544. The van der Waals surface area contributed by atoms with E-state index in [1.54, 1.807) is 18.2 Å². The summed E-state index contributed by atoms with van der Waals surface area (Å²) in [6.07, 6.45) is 3.53. The van der Waals surface area contributed by atoms with Crippen molar-refractivity contribution >= 4 is 11.0 Å². The largest absolute Gasteiger partial charge is 0.493 e. The van der Waals surface area contributed by atoms with Crippen molar-refractivity contribution in [2.75, 3.05) is 6.61 Å². The maximum atomic E-state index is 11.4. The highest BCUT2D eigenvalue weighted by Gasteiger charge is 2.01. The van der Waals surface area contributed by atoms with E-state index in [0.717, 1.165) is 18.6 Å². The first-order valence-corrected chi connectivity index (χ1v) is 5.45. The van der Waals surface area contributed by atoms with Crippen LogP contribution in [0.25, 0.3) is 11.0 Å². The van der Waals surface area contributed by atoms with E-state index in [2.05, 4.69) is 6.92 Å². The molecule has 84 valence electrons. The van der Waals surface area contributed by atoms with Crippen LogP contribution in [0, 0.1) is 0 Å². The molecule has 3 nitrogen and oxygen atoms in total. The van der Waals surface area contributed by atoms with Crippen LogP contribution in [0.1, 0.15) is 19.8 Å². The zero-order chi connectivity index (χ0) is 11.4. The van der Waals surface area contributed by atoms with Gasteiger partial charge in [-0.15, -0.1) is 0 Å². The molecule has 0 amide bonds. The summed E-state index contributed by atoms with van der Waals surface area (Å²) in [5, 5.41) is 0.588. The average Bonchev–Trinajstić information content (AvgIpc) is 2.30. The zero-order valence-corrected chi connectivity index (χ0v) is 9.23. The summed E-state index contributed by atoms with van der Waals surface area (Å²) in [4.78, 5) is 11.4. The minimum absolute atomic E-state index is 0.0265. The van der Waals surface area contributed by atoms with Gasteiger partial charge in [-0.2, -0.15) is 0 Å². The van der Waals surface area contributed by atoms with Gasteiger partial charge in [0, 0.05) is 12.1 Å². The first kappa shape index (κ1) is 10.7. The molecule has 0 radical (unpaired) electrons. The Kier molecular flexibility index (Phi) is 3.25. The van der Waals surface area contributed by atoms with Gasteiger partial charge in [0.2, 0.25) is 0 Å². The molecule has 2 aromatic rings. The van der Waals surface area contributed by atoms with Crippen molar-refractivity contribution in [2.24, 2.45) is 0 Å². The highest BCUT2D eigenvalue weighted by molar-refractivity contribution is 5.77. The first-order chi connectivity index (χ1) is 7.81. The van der Waals surface area contributed by atoms with Crippen LogP contribution in [0.2, 0.25) is 0 Å². The predicted molar refractivity (Wildman–Crippen MR) is 62.9 cm³/mol. The average molecular weight is 218 g/mol. The Morgan fingerprint density at radius 3 is 3.00 bits per heavy atom. The van der Waals surface area contributed by atoms with Gasteiger partial charge in [-0.25, -0.2) is 0 Å². The molecule has 0 saturated carbocycles. The quantitative estimate of drug-likeness (QED) is 0.740. The first-order valence-electron chi connectivity index (χ1n) is 5.45. The Bertz CT molecular complexity index is 528. The van der Waals surface area contributed by atoms with E-state index in [1.165, 1.54) is 12.3 Å². The maximum absolute atomic E-state index is 11.4. The summed E-state index contributed by atoms with van der Waals surface area (Å²) in [7, 11) is 0. The number of unbranched alkanes of at least 4 members (excludes halogenated alkanes) is 1. The number of rotatable bonds is 4. The summed E-state index contributed by atoms with van der Waals surface area (Å²) in [5.74, 6) is 0.746. The van der Waals surface area contributed by atoms with E-state index in [0.29, 0.717) is 17.6 Å². The molecule has 16 heavy (non-hydrogen) atoms. The fourth-order valence-electron chi connectivity index (χ4n) is 1.49. The Morgan fingerprint density at radius 1 is 1.31 bits per heavy atom. The molecule has 3 heteroatoms. The SMILES string of the molecule is CCCCOc1ccc2c(=O)ccoc2c1. The Morgan fingerprint density at radius 2 is 2.19 bits per heavy atom. The van der Waals surface area contributed by atoms with Gasteiger partial charge in [0.15, 0.2) is 5.43 Å². The van der Waals surface area contributed by atoms with Crippen LogP contribution in [0.15, 0.2) is 39.7 Å². The van der Waals surface area contributed by atoms with Crippen molar-refractivity contribution in [1.29, 1.82) is 0 Å². The van der Waals surface area contributed by atoms with E-state index < -0.39 is 0 Å². The van der Waals surface area contributed by atoms with Crippen molar-refractivity contribution in [3.05, 3.63) is 40.8 Å². The number of ether oxygens (including phenoxy) is 1. The molecule has 0 unspecified atom stereocenters. The van der Waals surface area contributed by atoms with Crippen LogP contribution >= 0.6 is 0 Å². The van der Waals surface area contributed by atoms with E-state index in [9.17, 15) is 4.79 Å². The molecule has 0 N–H and O–H groups in total. The topological polar surface area (TPSA) is 39.4 Å². The van der Waals surface area contributed by atoms with Crippen LogP contribution < -0.4 is 10.2 Å². The lowest BCUT2D eigenvalue weighted by molar-refractivity contribution is 0.309. The lowest BCUT2D eigenvalue weighted by Gasteiger charge is -2.05. The van der Waals surface area contributed by atoms with Crippen LogP contribution in [0.3, 0.4) is 0 Å². The summed E-state index contributed by atoms with van der Waals surface area (Å²) in [6.45, 7) is 2.81. The van der Waals surface area contributed by atoms with Crippen LogP contribution in [-0.2, 0) is 0 Å². The Hall–Kier alpha value is -1.77. The Balaban J connectivity index is 2.27. The number of hydrogen-bond acceptors (Lipinski definition) is 3. The standard InChI is InChI=1S/C13H14O3/c1-2-3-7-15-10-4-5-11-12(14)6-8-16-13(11)9-10/h4-6,8-9H,2-3,7H2,1H3. The van der Waals surface area contributed by atoms with Crippen LogP contribution in [0.5, 0.6) is 5.75 Å². The van der Waals surface area contributed by atoms with Crippen molar-refractivity contribution < 1.29 is 9.15 Å². The van der Waals surface area contributed by atoms with Gasteiger partial charge >= 0.3 is 0 Å². The molecule has 0 aliphatic carbocycles. The third-order valence-corrected chi connectivity index (χ3v) is 2.40. The van der Waals surface area contributed by atoms with E-state index in [1.807, 2.05) is 0 Å². The number of hydrogen-bond donors (Lipinski definition) is 0. The van der Waals surface area contributed by atoms with Gasteiger partial charge in [0.25, 0.3) is 0 Å². The summed E-state index contributed by atoms with van der Waals surface area (Å²) in [6, 6.07) is 6.71. The summed E-state index contributed by atoms with van der Waals surface area (Å²) < 4.78 is 10.8. The second kappa shape index (κ2) is 4.84. The van der Waals surface area contributed by atoms with Crippen molar-refractivity contribution in [3.8, 4) is 5.75 Å². The highest BCUT2D eigenvalue weighted by atomic mass is 16.5. The fraction of sp³-hybridized carbons (Fsp3) is 0.308. The van der Waals surface area contributed by atoms with Gasteiger partial charge in [0.05, 0.1) is 18.3 Å². The van der Waals surface area contributed by atoms with Crippen molar-refractivity contribution in [1.82, 2.24) is 0 Å². The number of fused-ring (bicyclic) bond motifs is 1. The van der Waals surface area contributed by atoms with Crippen molar-refractivity contribution in [3.63, 3.8) is 0 Å². The minimum atomic E-state index is -0.0265. The van der Waals surface area contributed by atoms with E-state index >= 15 is 0 Å². The molecule has 0 bridgehead atoms. The summed E-state index contributed by atoms with van der Waals surface area (Å²) >= 11 is 0. The van der Waals surface area contributed by atoms with Gasteiger partial charge in [-0.1, -0.05) is 13.3 Å². The fourth-order valence-corrected chi connectivity index (χ4v) is 1.49. The minimum Gasteiger partial charge on any atom is -0.493 e. The number of benzene rings is 1. The van der Waals surface area contributed by atoms with Gasteiger partial charge in [-0.05, 0) is 18.6 Å². The van der Waals surface area contributed by atoms with E-state index in [-0.39, 0.29) is 5.43 Å². The molecule has 0 saturated heterocycles. The molecule has 0 aliphatic rings. The molecule has 0 fully saturated rings. The van der Waals surface area contributed by atoms with Gasteiger partial charge in [-0.3, -0.25) is 4.79 Å². The molecule has 0 spiro atoms. The molecule has 2 rings (SSSR count). The lowest BCUT2D eigenvalue weighted by Crippen LogP contribution is -1.99. The van der Waals surface area contributed by atoms with Crippen molar-refractivity contribution in [2.45, 2.75) is 19.8 Å².